The van der Waals surface area contributed by atoms with Crippen molar-refractivity contribution in [1.29, 1.82) is 0 Å². The first-order valence-electron chi connectivity index (χ1n) is 13.6. The molecule has 0 N–H and O–H groups in total. The monoisotopic (exact) mass is 542 g/mol. The number of nitrogens with zero attached hydrogens (tertiary/aromatic N) is 4. The molecule has 8 rings (SSSR count). The van der Waals surface area contributed by atoms with Crippen LogP contribution in [0.3, 0.4) is 0 Å². The molecule has 4 heterocycles. The topological polar surface area (TPSA) is 77.8 Å². The Hall–Kier alpha value is -5.88. The van der Waals surface area contributed by atoms with Crippen molar-refractivity contribution < 1.29 is 8.83 Å². The zero-order valence-electron chi connectivity index (χ0n) is 22.3. The lowest BCUT2D eigenvalue weighted by atomic mass is 9.85. The Labute approximate surface area is 241 Å². The van der Waals surface area contributed by atoms with Crippen LogP contribution in [0.1, 0.15) is 0 Å². The summed E-state index contributed by atoms with van der Waals surface area (Å²) in [6.07, 6.45) is 9.90. The highest BCUT2D eigenvalue weighted by Crippen LogP contribution is 2.44. The van der Waals surface area contributed by atoms with Crippen LogP contribution < -0.4 is 0 Å². The van der Waals surface area contributed by atoms with Crippen LogP contribution in [-0.2, 0) is 0 Å². The van der Waals surface area contributed by atoms with Gasteiger partial charge in [-0.25, -0.2) is 9.97 Å². The number of aromatic nitrogens is 4. The molecule has 0 atom stereocenters. The van der Waals surface area contributed by atoms with Gasteiger partial charge in [-0.3, -0.25) is 9.97 Å². The molecule has 8 aromatic rings. The van der Waals surface area contributed by atoms with Crippen molar-refractivity contribution in [2.75, 3.05) is 0 Å². The summed E-state index contributed by atoms with van der Waals surface area (Å²) in [6, 6.07) is 33.9. The van der Waals surface area contributed by atoms with E-state index in [0.717, 1.165) is 66.3 Å². The minimum Gasteiger partial charge on any atom is -0.451 e. The smallest absolute Gasteiger partial charge is 0.181 e. The van der Waals surface area contributed by atoms with E-state index in [2.05, 4.69) is 88.8 Å². The van der Waals surface area contributed by atoms with Gasteiger partial charge in [-0.2, -0.15) is 0 Å². The summed E-state index contributed by atoms with van der Waals surface area (Å²) in [7, 11) is 0. The Morgan fingerprint density at radius 3 is 1.43 bits per heavy atom. The zero-order chi connectivity index (χ0) is 27.9. The first-order chi connectivity index (χ1) is 20.8. The minimum absolute atomic E-state index is 0.708. The fourth-order valence-electron chi connectivity index (χ4n) is 5.68. The molecule has 0 radical (unpaired) electrons. The third-order valence-electron chi connectivity index (χ3n) is 7.62. The molecule has 0 saturated carbocycles. The lowest BCUT2D eigenvalue weighted by Crippen LogP contribution is -1.93. The predicted octanol–water partition coefficient (Wildman–Crippen LogP) is 9.09. The summed E-state index contributed by atoms with van der Waals surface area (Å²) in [5.41, 5.74) is 9.59. The molecule has 0 unspecified atom stereocenters. The lowest BCUT2D eigenvalue weighted by molar-refractivity contribution is 0.558. The normalized spacial score (nSPS) is 11.3. The third kappa shape index (κ3) is 4.05. The molecule has 6 heteroatoms. The van der Waals surface area contributed by atoms with Gasteiger partial charge in [0.15, 0.2) is 12.8 Å². The maximum Gasteiger partial charge on any atom is 0.181 e. The number of fused-ring (bicyclic) bond motifs is 2. The average Bonchev–Trinajstić information content (AvgIpc) is 3.80. The molecule has 6 nitrogen and oxygen atoms in total. The average molecular weight is 543 g/mol. The summed E-state index contributed by atoms with van der Waals surface area (Å²) in [5.74, 6) is 0. The van der Waals surface area contributed by atoms with Gasteiger partial charge in [0, 0.05) is 23.5 Å². The highest BCUT2D eigenvalue weighted by molar-refractivity contribution is 6.21. The van der Waals surface area contributed by atoms with Crippen molar-refractivity contribution in [2.45, 2.75) is 0 Å². The zero-order valence-corrected chi connectivity index (χ0v) is 22.3. The molecule has 0 aliphatic carbocycles. The van der Waals surface area contributed by atoms with Crippen LogP contribution in [0.4, 0.5) is 0 Å². The van der Waals surface area contributed by atoms with E-state index < -0.39 is 0 Å². The fourth-order valence-corrected chi connectivity index (χ4v) is 5.68. The first kappa shape index (κ1) is 24.0. The van der Waals surface area contributed by atoms with E-state index in [4.69, 9.17) is 18.8 Å². The van der Waals surface area contributed by atoms with Crippen molar-refractivity contribution in [3.8, 4) is 56.2 Å². The second-order valence-corrected chi connectivity index (χ2v) is 10.0. The van der Waals surface area contributed by atoms with E-state index in [9.17, 15) is 0 Å². The van der Waals surface area contributed by atoms with Gasteiger partial charge in [-0.05, 0) is 62.0 Å². The molecule has 0 aliphatic rings. The second-order valence-electron chi connectivity index (χ2n) is 10.0. The maximum atomic E-state index is 5.17. The molecular weight excluding hydrogens is 520 g/mol. The van der Waals surface area contributed by atoms with Gasteiger partial charge < -0.3 is 8.83 Å². The van der Waals surface area contributed by atoms with E-state index in [-0.39, 0.29) is 0 Å². The number of benzene rings is 4. The molecule has 4 aromatic carbocycles. The highest BCUT2D eigenvalue weighted by Gasteiger charge is 2.18. The molecule has 4 aromatic heterocycles. The molecule has 0 aliphatic heterocycles. The number of oxazole rings is 2. The van der Waals surface area contributed by atoms with E-state index in [0.29, 0.717) is 11.4 Å². The van der Waals surface area contributed by atoms with Crippen molar-refractivity contribution in [3.05, 3.63) is 135 Å². The van der Waals surface area contributed by atoms with E-state index in [1.165, 1.54) is 12.8 Å². The van der Waals surface area contributed by atoms with E-state index >= 15 is 0 Å². The third-order valence-corrected chi connectivity index (χ3v) is 7.62. The SMILES string of the molecule is c1ccc(-c2ccc3c(-c4ccc(-c5cocn5)nc4)c4ccccc4c(-c4ccc(-c5cocn5)nc4)c3c2)cc1. The van der Waals surface area contributed by atoms with Gasteiger partial charge in [-0.1, -0.05) is 78.9 Å². The van der Waals surface area contributed by atoms with Gasteiger partial charge >= 0.3 is 0 Å². The summed E-state index contributed by atoms with van der Waals surface area (Å²) in [6.45, 7) is 0. The second kappa shape index (κ2) is 9.94. The molecule has 0 saturated heterocycles. The van der Waals surface area contributed by atoms with Gasteiger partial charge in [0.1, 0.15) is 23.9 Å². The van der Waals surface area contributed by atoms with Crippen molar-refractivity contribution in [1.82, 2.24) is 19.9 Å². The van der Waals surface area contributed by atoms with Crippen LogP contribution in [0.25, 0.3) is 77.7 Å². The molecular formula is C36H22N4O2. The van der Waals surface area contributed by atoms with Crippen molar-refractivity contribution >= 4 is 21.5 Å². The van der Waals surface area contributed by atoms with Crippen LogP contribution in [0, 0.1) is 0 Å². The fraction of sp³-hybridized carbons (Fsp3) is 0. The predicted molar refractivity (Wildman–Crippen MR) is 164 cm³/mol. The number of pyridine rings is 2. The molecule has 0 fully saturated rings. The number of hydrogen-bond acceptors (Lipinski definition) is 6. The molecule has 0 spiro atoms. The Morgan fingerprint density at radius 2 is 0.905 bits per heavy atom. The summed E-state index contributed by atoms with van der Waals surface area (Å²) in [5, 5.41) is 4.56. The lowest BCUT2D eigenvalue weighted by Gasteiger charge is -2.18. The minimum atomic E-state index is 0.708. The number of rotatable bonds is 5. The van der Waals surface area contributed by atoms with Crippen LogP contribution in [-0.4, -0.2) is 19.9 Å². The van der Waals surface area contributed by atoms with Crippen molar-refractivity contribution in [2.24, 2.45) is 0 Å². The Morgan fingerprint density at radius 1 is 0.381 bits per heavy atom. The van der Waals surface area contributed by atoms with Crippen LogP contribution in [0.2, 0.25) is 0 Å². The van der Waals surface area contributed by atoms with Gasteiger partial charge in [0.05, 0.1) is 11.4 Å². The van der Waals surface area contributed by atoms with Crippen LogP contribution in [0.15, 0.2) is 144 Å². The first-order valence-corrected chi connectivity index (χ1v) is 13.6. The Balaban J connectivity index is 1.40. The highest BCUT2D eigenvalue weighted by atomic mass is 16.3. The van der Waals surface area contributed by atoms with Gasteiger partial charge in [0.25, 0.3) is 0 Å². The summed E-state index contributed by atoms with van der Waals surface area (Å²) < 4.78 is 10.3. The van der Waals surface area contributed by atoms with Crippen LogP contribution >= 0.6 is 0 Å². The van der Waals surface area contributed by atoms with Gasteiger partial charge in [0.2, 0.25) is 0 Å². The van der Waals surface area contributed by atoms with E-state index in [1.54, 1.807) is 12.5 Å². The van der Waals surface area contributed by atoms with Crippen LogP contribution in [0.5, 0.6) is 0 Å². The molecule has 42 heavy (non-hydrogen) atoms. The molecule has 0 amide bonds. The Kier molecular flexibility index (Phi) is 5.67. The summed E-state index contributed by atoms with van der Waals surface area (Å²) >= 11 is 0. The maximum absolute atomic E-state index is 5.17. The molecule has 0 bridgehead atoms. The van der Waals surface area contributed by atoms with E-state index in [1.807, 2.05) is 30.6 Å². The standard InChI is InChI=1S/C36H22N4O2/c1-2-6-23(7-3-1)24-10-13-29-30(16-24)36(26-12-15-32(38-18-26)34-20-42-22-40-34)28-9-5-4-8-27(28)35(29)25-11-14-31(37-17-25)33-19-41-21-39-33/h1-22H. The largest absolute Gasteiger partial charge is 0.451 e. The molecule has 198 valence electrons. The summed E-state index contributed by atoms with van der Waals surface area (Å²) in [4.78, 5) is 18.0. The number of hydrogen-bond donors (Lipinski definition) is 0. The quantitative estimate of drug-likeness (QED) is 0.202. The Bertz CT molecular complexity index is 2150. The van der Waals surface area contributed by atoms with Crippen molar-refractivity contribution in [3.63, 3.8) is 0 Å². The van der Waals surface area contributed by atoms with Gasteiger partial charge in [-0.15, -0.1) is 0 Å².